The van der Waals surface area contributed by atoms with E-state index in [1.165, 1.54) is 9.80 Å². The second kappa shape index (κ2) is 22.0. The number of rotatable bonds is 16. The summed E-state index contributed by atoms with van der Waals surface area (Å²) >= 11 is 0. The van der Waals surface area contributed by atoms with Gasteiger partial charge in [-0.3, -0.25) is 24.2 Å². The van der Waals surface area contributed by atoms with E-state index < -0.39 is 29.4 Å². The fourth-order valence-electron chi connectivity index (χ4n) is 7.13. The van der Waals surface area contributed by atoms with Crippen LogP contribution >= 0.6 is 0 Å². The Morgan fingerprint density at radius 3 is 2.10 bits per heavy atom. The average molecular weight is 839 g/mol. The van der Waals surface area contributed by atoms with E-state index in [9.17, 15) is 24.0 Å². The highest BCUT2D eigenvalue weighted by Gasteiger charge is 2.32. The summed E-state index contributed by atoms with van der Waals surface area (Å²) in [5.74, 6) is 0.423. The van der Waals surface area contributed by atoms with Gasteiger partial charge in [-0.2, -0.15) is 0 Å². The topological polar surface area (TPSA) is 154 Å². The molecule has 0 spiro atoms. The molecule has 0 bridgehead atoms. The minimum Gasteiger partial charge on any atom is -0.497 e. The molecule has 0 aromatic heterocycles. The van der Waals surface area contributed by atoms with Crippen molar-refractivity contribution in [1.29, 1.82) is 0 Å². The van der Waals surface area contributed by atoms with Gasteiger partial charge in [0.2, 0.25) is 5.91 Å². The van der Waals surface area contributed by atoms with Crippen LogP contribution in [0.3, 0.4) is 0 Å². The lowest BCUT2D eigenvalue weighted by Gasteiger charge is -2.35. The van der Waals surface area contributed by atoms with Crippen LogP contribution in [0.2, 0.25) is 0 Å². The number of nitrogens with zero attached hydrogens (tertiary/aromatic N) is 4. The Kier molecular flexibility index (Phi) is 17.4. The normalized spacial score (nSPS) is 16.1. The Morgan fingerprint density at radius 2 is 1.47 bits per heavy atom. The lowest BCUT2D eigenvalue weighted by atomic mass is 9.89. The number of piperidine rings is 2. The van der Waals surface area contributed by atoms with Gasteiger partial charge in [0.25, 0.3) is 5.91 Å². The van der Waals surface area contributed by atoms with Crippen LogP contribution in [0.5, 0.6) is 11.5 Å². The molecule has 2 saturated heterocycles. The molecule has 2 aliphatic rings. The van der Waals surface area contributed by atoms with Crippen molar-refractivity contribution in [3.05, 3.63) is 59.2 Å². The largest absolute Gasteiger partial charge is 0.497 e. The zero-order valence-corrected chi connectivity index (χ0v) is 37.1. The molecule has 2 aromatic carbocycles. The van der Waals surface area contributed by atoms with Crippen molar-refractivity contribution in [3.8, 4) is 11.5 Å². The van der Waals surface area contributed by atoms with Crippen LogP contribution in [-0.2, 0) is 35.1 Å². The number of esters is 1. The Morgan fingerprint density at radius 1 is 0.783 bits per heavy atom. The zero-order chi connectivity index (χ0) is 44.0. The summed E-state index contributed by atoms with van der Waals surface area (Å²) < 4.78 is 33.6. The van der Waals surface area contributed by atoms with E-state index in [0.29, 0.717) is 62.7 Å². The molecule has 2 aliphatic heterocycles. The fourth-order valence-corrected chi connectivity index (χ4v) is 7.13. The fraction of sp³-hybridized carbons (Fsp3) is 0.622. The minimum absolute atomic E-state index is 0.0137. The highest BCUT2D eigenvalue weighted by Crippen LogP contribution is 2.30. The van der Waals surface area contributed by atoms with Gasteiger partial charge in [0, 0.05) is 55.8 Å². The van der Waals surface area contributed by atoms with E-state index >= 15 is 0 Å². The van der Waals surface area contributed by atoms with E-state index in [0.717, 1.165) is 24.0 Å². The monoisotopic (exact) mass is 838 g/mol. The molecule has 15 nitrogen and oxygen atoms in total. The van der Waals surface area contributed by atoms with Crippen molar-refractivity contribution in [2.45, 2.75) is 111 Å². The molecule has 4 amide bonds. The van der Waals surface area contributed by atoms with Gasteiger partial charge in [0.05, 0.1) is 39.6 Å². The molecule has 1 unspecified atom stereocenters. The number of likely N-dealkylation sites (tertiary alicyclic amines) is 2. The van der Waals surface area contributed by atoms with Gasteiger partial charge in [-0.05, 0) is 111 Å². The Hall–Kier alpha value is -5.05. The van der Waals surface area contributed by atoms with Gasteiger partial charge in [0.1, 0.15) is 35.8 Å². The first-order chi connectivity index (χ1) is 28.4. The van der Waals surface area contributed by atoms with Crippen LogP contribution in [0.15, 0.2) is 42.5 Å². The minimum atomic E-state index is -0.760. The first kappa shape index (κ1) is 47.6. The van der Waals surface area contributed by atoms with Gasteiger partial charge in [-0.1, -0.05) is 12.1 Å². The third-order valence-corrected chi connectivity index (χ3v) is 10.0. The maximum atomic E-state index is 13.9. The molecule has 0 radical (unpaired) electrons. The van der Waals surface area contributed by atoms with E-state index in [1.54, 1.807) is 72.6 Å². The molecule has 60 heavy (non-hydrogen) atoms. The quantitative estimate of drug-likeness (QED) is 0.132. The lowest BCUT2D eigenvalue weighted by molar-refractivity contribution is -0.144. The molecule has 332 valence electrons. The van der Waals surface area contributed by atoms with Gasteiger partial charge in [0.15, 0.2) is 0 Å². The third kappa shape index (κ3) is 14.9. The molecular formula is C45H66N4O11. The van der Waals surface area contributed by atoms with E-state index in [-0.39, 0.29) is 63.2 Å². The maximum absolute atomic E-state index is 13.9. The Labute approximate surface area is 355 Å². The van der Waals surface area contributed by atoms with Crippen LogP contribution in [-0.4, -0.2) is 140 Å². The molecular weight excluding hydrogens is 773 g/mol. The number of methoxy groups -OCH3 is 1. The third-order valence-electron chi connectivity index (χ3n) is 10.0. The van der Waals surface area contributed by atoms with Crippen LogP contribution < -0.4 is 9.47 Å². The number of carbonyl (C=O) groups excluding carboxylic acids is 5. The lowest BCUT2D eigenvalue weighted by Crippen LogP contribution is -2.47. The second-order valence-electron chi connectivity index (χ2n) is 17.1. The van der Waals surface area contributed by atoms with Crippen LogP contribution in [0.4, 0.5) is 9.59 Å². The molecule has 2 aromatic rings. The van der Waals surface area contributed by atoms with Crippen LogP contribution in [0, 0.1) is 0 Å². The Balaban J connectivity index is 1.34. The number of ether oxygens (including phenoxy) is 6. The van der Waals surface area contributed by atoms with E-state index in [2.05, 4.69) is 0 Å². The van der Waals surface area contributed by atoms with Crippen molar-refractivity contribution >= 4 is 30.0 Å². The van der Waals surface area contributed by atoms with Crippen molar-refractivity contribution in [2.24, 2.45) is 0 Å². The van der Waals surface area contributed by atoms with E-state index in [4.69, 9.17) is 28.4 Å². The SMILES string of the molecule is CCOC(=O)CN(CCOC1CCN(C(=O)c2cccc(C3CCCN(C(=O)CN(Cc4ccc(OC)cc4OCC)C(=O)OC(C)(C)C)C3)c2)CC1)C(=O)OC(C)(C)C. The second-order valence-corrected chi connectivity index (χ2v) is 17.1. The van der Waals surface area contributed by atoms with Gasteiger partial charge in [-0.25, -0.2) is 9.59 Å². The van der Waals surface area contributed by atoms with Gasteiger partial charge >= 0.3 is 18.2 Å². The van der Waals surface area contributed by atoms with E-state index in [1.807, 2.05) is 42.2 Å². The summed E-state index contributed by atoms with van der Waals surface area (Å²) in [6.45, 7) is 17.0. The maximum Gasteiger partial charge on any atom is 0.411 e. The molecule has 2 heterocycles. The molecule has 4 rings (SSSR count). The van der Waals surface area contributed by atoms with Crippen molar-refractivity contribution in [1.82, 2.24) is 19.6 Å². The van der Waals surface area contributed by atoms with Crippen LogP contribution in [0.1, 0.15) is 108 Å². The first-order valence-electron chi connectivity index (χ1n) is 21.1. The van der Waals surface area contributed by atoms with Crippen molar-refractivity contribution in [2.75, 3.05) is 72.7 Å². The predicted octanol–water partition coefficient (Wildman–Crippen LogP) is 6.66. The van der Waals surface area contributed by atoms with Gasteiger partial charge in [-0.15, -0.1) is 0 Å². The van der Waals surface area contributed by atoms with Crippen molar-refractivity contribution < 1.29 is 52.4 Å². The number of amides is 4. The summed E-state index contributed by atoms with van der Waals surface area (Å²) in [6.07, 6.45) is 1.57. The van der Waals surface area contributed by atoms with Crippen LogP contribution in [0.25, 0.3) is 0 Å². The molecule has 0 saturated carbocycles. The van der Waals surface area contributed by atoms with Gasteiger partial charge < -0.3 is 38.2 Å². The van der Waals surface area contributed by atoms with Crippen molar-refractivity contribution in [3.63, 3.8) is 0 Å². The number of carbonyl (C=O) groups is 5. The first-order valence-corrected chi connectivity index (χ1v) is 21.1. The number of hydrogen-bond donors (Lipinski definition) is 0. The standard InChI is InChI=1S/C45H66N4O11/c1-10-56-38-27-37(55-9)18-17-35(38)29-49(43(54)60-45(6,7)8)30-39(50)47-21-13-16-34(28-47)32-14-12-15-33(26-32)41(52)46-22-19-36(20-23-46)58-25-24-48(31-40(51)57-11-2)42(53)59-44(3,4)5/h12,14-15,17-18,26-27,34,36H,10-11,13,16,19-25,28-31H2,1-9H3. The average Bonchev–Trinajstić information content (AvgIpc) is 3.19. The smallest absolute Gasteiger partial charge is 0.411 e. The summed E-state index contributed by atoms with van der Waals surface area (Å²) in [6, 6.07) is 13.0. The summed E-state index contributed by atoms with van der Waals surface area (Å²) in [5.41, 5.74) is 0.812. The molecule has 1 atom stereocenters. The summed E-state index contributed by atoms with van der Waals surface area (Å²) in [5, 5.41) is 0. The molecule has 15 heteroatoms. The molecule has 2 fully saturated rings. The number of benzene rings is 2. The Bertz CT molecular complexity index is 1760. The highest BCUT2D eigenvalue weighted by molar-refractivity contribution is 5.94. The zero-order valence-electron chi connectivity index (χ0n) is 37.1. The highest BCUT2D eigenvalue weighted by atomic mass is 16.6. The summed E-state index contributed by atoms with van der Waals surface area (Å²) in [4.78, 5) is 72.4. The summed E-state index contributed by atoms with van der Waals surface area (Å²) in [7, 11) is 1.57. The molecule has 0 aliphatic carbocycles. The molecule has 0 N–H and O–H groups in total. The predicted molar refractivity (Wildman–Crippen MR) is 225 cm³/mol. The number of hydrogen-bond acceptors (Lipinski definition) is 11.